The molecule has 34 heavy (non-hydrogen) atoms. The highest BCUT2D eigenvalue weighted by atomic mass is 79.9. The van der Waals surface area contributed by atoms with Gasteiger partial charge in [0, 0.05) is 38.5 Å². The van der Waals surface area contributed by atoms with Gasteiger partial charge in [0.1, 0.15) is 30.2 Å². The number of halogens is 1. The first-order valence-electron chi connectivity index (χ1n) is 10.6. The van der Waals surface area contributed by atoms with Crippen molar-refractivity contribution >= 4 is 21.6 Å². The van der Waals surface area contributed by atoms with Gasteiger partial charge in [-0.1, -0.05) is 0 Å². The summed E-state index contributed by atoms with van der Waals surface area (Å²) in [6.45, 7) is 6.79. The average molecular weight is 547 g/mol. The summed E-state index contributed by atoms with van der Waals surface area (Å²) in [5.74, 6) is -2.01. The van der Waals surface area contributed by atoms with Crippen molar-refractivity contribution < 1.29 is 43.4 Å². The van der Waals surface area contributed by atoms with Crippen LogP contribution in [-0.4, -0.2) is 67.8 Å². The van der Waals surface area contributed by atoms with Crippen LogP contribution in [0.3, 0.4) is 0 Å². The monoisotopic (exact) mass is 546 g/mol. The molecule has 4 aliphatic heterocycles. The van der Waals surface area contributed by atoms with Crippen molar-refractivity contribution in [1.82, 2.24) is 0 Å². The van der Waals surface area contributed by atoms with E-state index in [1.54, 1.807) is 27.7 Å². The van der Waals surface area contributed by atoms with Crippen molar-refractivity contribution in [1.29, 1.82) is 0 Å². The van der Waals surface area contributed by atoms with E-state index in [0.29, 0.717) is 0 Å². The minimum atomic E-state index is -2.33. The smallest absolute Gasteiger partial charge is 0.342 e. The largest absolute Gasteiger partial charge is 0.478 e. The third-order valence-corrected chi connectivity index (χ3v) is 7.48. The molecule has 1 aromatic rings. The third-order valence-electron chi connectivity index (χ3n) is 6.30. The second-order valence-corrected chi connectivity index (χ2v) is 10.8. The first kappa shape index (κ1) is 23.8. The summed E-state index contributed by atoms with van der Waals surface area (Å²) in [6.07, 6.45) is -7.59. The van der Waals surface area contributed by atoms with Crippen LogP contribution in [0.25, 0.3) is 0 Å². The van der Waals surface area contributed by atoms with E-state index in [4.69, 9.17) is 28.4 Å². The number of aliphatic hydroxyl groups is 1. The Labute approximate surface area is 201 Å². The van der Waals surface area contributed by atoms with Crippen LogP contribution in [0, 0.1) is 20.2 Å². The van der Waals surface area contributed by atoms with Crippen molar-refractivity contribution in [3.63, 3.8) is 0 Å². The number of aliphatic hydroxyl groups excluding tert-OH is 1. The number of ether oxygens (including phenoxy) is 6. The van der Waals surface area contributed by atoms with Gasteiger partial charge in [0.05, 0.1) is 4.92 Å². The molecule has 4 aliphatic rings. The van der Waals surface area contributed by atoms with E-state index in [2.05, 4.69) is 15.9 Å². The molecule has 0 aromatic heterocycles. The molecule has 14 heteroatoms. The Bertz CT molecular complexity index is 1050. The van der Waals surface area contributed by atoms with Crippen LogP contribution < -0.4 is 4.74 Å². The van der Waals surface area contributed by atoms with Crippen LogP contribution in [0.1, 0.15) is 39.4 Å². The van der Waals surface area contributed by atoms with E-state index in [9.17, 15) is 25.3 Å². The normalized spacial score (nSPS) is 41.6. The number of fused-ring (bicyclic) bond motifs is 4. The van der Waals surface area contributed by atoms with Gasteiger partial charge in [-0.05, 0) is 33.8 Å². The lowest BCUT2D eigenvalue weighted by atomic mass is 9.86. The van der Waals surface area contributed by atoms with Crippen molar-refractivity contribution in [3.05, 3.63) is 44.0 Å². The van der Waals surface area contributed by atoms with Gasteiger partial charge in [-0.2, -0.15) is 0 Å². The van der Waals surface area contributed by atoms with Gasteiger partial charge in [-0.3, -0.25) is 20.2 Å². The summed E-state index contributed by atoms with van der Waals surface area (Å²) in [5, 5.41) is 34.6. The Kier molecular flexibility index (Phi) is 5.27. The van der Waals surface area contributed by atoms with Crippen molar-refractivity contribution in [2.45, 2.75) is 86.6 Å². The number of nitrogens with zero attached hydrogens (tertiary/aromatic N) is 2. The molecule has 0 spiro atoms. The fraction of sp³-hybridized carbons (Fsp3) is 0.700. The molecule has 1 unspecified atom stereocenters. The quantitative estimate of drug-likeness (QED) is 0.255. The minimum Gasteiger partial charge on any atom is -0.478 e. The van der Waals surface area contributed by atoms with E-state index in [0.717, 1.165) is 6.07 Å². The van der Waals surface area contributed by atoms with E-state index in [1.807, 2.05) is 0 Å². The maximum Gasteiger partial charge on any atom is 0.342 e. The van der Waals surface area contributed by atoms with Gasteiger partial charge in [0.25, 0.3) is 5.69 Å². The molecule has 3 saturated heterocycles. The molecule has 3 fully saturated rings. The number of non-ortho nitro benzene ring substituents is 1. The molecule has 186 valence electrons. The zero-order valence-corrected chi connectivity index (χ0v) is 20.2. The zero-order valence-electron chi connectivity index (χ0n) is 18.6. The molecule has 0 bridgehead atoms. The van der Waals surface area contributed by atoms with Gasteiger partial charge in [0.15, 0.2) is 24.0 Å². The first-order valence-corrected chi connectivity index (χ1v) is 11.4. The minimum absolute atomic E-state index is 0.0457. The SMILES string of the molecule is CC1(C)O[C@H]2OC([C@@H]3Oc4ccc([N+](=O)[O-])cc4[C@H](O)[C@@]3(Br)[N+](=O)[O-])[C@@H]3OC(C)(C)O[C@@H]3[C@H]2O1. The Morgan fingerprint density at radius 1 is 0.941 bits per heavy atom. The Hall–Kier alpha value is -1.94. The Balaban J connectivity index is 1.58. The van der Waals surface area contributed by atoms with Gasteiger partial charge in [0.2, 0.25) is 6.10 Å². The molecule has 8 atom stereocenters. The molecule has 13 nitrogen and oxygen atoms in total. The lowest BCUT2D eigenvalue weighted by molar-refractivity contribution is -0.566. The summed E-state index contributed by atoms with van der Waals surface area (Å²) < 4.78 is 33.7. The molecule has 0 aliphatic carbocycles. The molecular formula is C20H23BrN2O11. The lowest BCUT2D eigenvalue weighted by Crippen LogP contribution is -2.67. The van der Waals surface area contributed by atoms with Gasteiger partial charge < -0.3 is 33.5 Å². The van der Waals surface area contributed by atoms with E-state index < -0.39 is 68.8 Å². The number of benzene rings is 1. The highest BCUT2D eigenvalue weighted by Gasteiger charge is 2.70. The second-order valence-electron chi connectivity index (χ2n) is 9.54. The third kappa shape index (κ3) is 3.51. The van der Waals surface area contributed by atoms with Crippen LogP contribution in [0.15, 0.2) is 18.2 Å². The molecular weight excluding hydrogens is 524 g/mol. The number of nitro benzene ring substituents is 1. The van der Waals surface area contributed by atoms with E-state index in [-0.39, 0.29) is 17.0 Å². The fourth-order valence-electron chi connectivity index (χ4n) is 4.95. The van der Waals surface area contributed by atoms with Gasteiger partial charge >= 0.3 is 4.45 Å². The highest BCUT2D eigenvalue weighted by Crippen LogP contribution is 2.52. The predicted octanol–water partition coefficient (Wildman–Crippen LogP) is 2.15. The van der Waals surface area contributed by atoms with Crippen molar-refractivity contribution in [3.8, 4) is 5.75 Å². The summed E-state index contributed by atoms with van der Waals surface area (Å²) in [4.78, 5) is 22.1. The molecule has 5 rings (SSSR count). The number of alkyl halides is 1. The first-order chi connectivity index (χ1) is 15.7. The maximum absolute atomic E-state index is 12.3. The summed E-state index contributed by atoms with van der Waals surface area (Å²) in [6, 6.07) is 3.52. The number of rotatable bonds is 3. The zero-order chi connectivity index (χ0) is 24.8. The predicted molar refractivity (Wildman–Crippen MR) is 114 cm³/mol. The van der Waals surface area contributed by atoms with E-state index >= 15 is 0 Å². The molecule has 4 heterocycles. The second kappa shape index (κ2) is 7.53. The fourth-order valence-corrected chi connectivity index (χ4v) is 5.55. The summed E-state index contributed by atoms with van der Waals surface area (Å²) >= 11 is 3.09. The van der Waals surface area contributed by atoms with Crippen molar-refractivity contribution in [2.24, 2.45) is 0 Å². The lowest BCUT2D eigenvalue weighted by Gasteiger charge is -2.45. The Morgan fingerprint density at radius 3 is 2.15 bits per heavy atom. The maximum atomic E-state index is 12.3. The molecule has 0 saturated carbocycles. The van der Waals surface area contributed by atoms with Crippen LogP contribution >= 0.6 is 15.9 Å². The topological polar surface area (TPSA) is 162 Å². The molecule has 1 aromatic carbocycles. The number of hydrogen-bond donors (Lipinski definition) is 1. The molecule has 0 amide bonds. The molecule has 1 N–H and O–H groups in total. The molecule has 0 radical (unpaired) electrons. The van der Waals surface area contributed by atoms with Crippen LogP contribution in [0.2, 0.25) is 0 Å². The summed E-state index contributed by atoms with van der Waals surface area (Å²) in [7, 11) is 0. The Morgan fingerprint density at radius 2 is 1.53 bits per heavy atom. The van der Waals surface area contributed by atoms with Crippen molar-refractivity contribution in [2.75, 3.05) is 0 Å². The summed E-state index contributed by atoms with van der Waals surface area (Å²) in [5.41, 5.74) is -0.447. The van der Waals surface area contributed by atoms with Crippen LogP contribution in [-0.2, 0) is 23.7 Å². The van der Waals surface area contributed by atoms with Gasteiger partial charge in [-0.25, -0.2) is 0 Å². The highest BCUT2D eigenvalue weighted by molar-refractivity contribution is 9.10. The number of nitro groups is 2. The van der Waals surface area contributed by atoms with Crippen LogP contribution in [0.4, 0.5) is 5.69 Å². The van der Waals surface area contributed by atoms with E-state index in [1.165, 1.54) is 12.1 Å². The van der Waals surface area contributed by atoms with Gasteiger partial charge in [-0.15, -0.1) is 0 Å². The standard InChI is InChI=1S/C20H23BrN2O11/c1-18(2)31-11-12(32-18)14-17(34-19(3,4)33-14)30-13(11)16-20(21,23(27)28)15(24)9-7-8(22(25)26)5-6-10(9)29-16/h5-7,11-17,24H,1-4H3/t11-,12+,13?,14-,15+,16+,17-,20-/m1/s1. The number of hydrogen-bond acceptors (Lipinski definition) is 11. The average Bonchev–Trinajstić information content (AvgIpc) is 3.23. The van der Waals surface area contributed by atoms with Crippen LogP contribution in [0.5, 0.6) is 5.75 Å².